The highest BCUT2D eigenvalue weighted by atomic mass is 15.1. The summed E-state index contributed by atoms with van der Waals surface area (Å²) in [5.41, 5.74) is 1.20. The molecule has 3 nitrogen and oxygen atoms in total. The van der Waals surface area contributed by atoms with E-state index in [1.807, 2.05) is 12.3 Å². The minimum Gasteiger partial charge on any atom is -0.317 e. The van der Waals surface area contributed by atoms with Crippen molar-refractivity contribution < 1.29 is 0 Å². The number of nitrogens with one attached hydrogen (secondary N) is 1. The highest BCUT2D eigenvalue weighted by Crippen LogP contribution is 2.22. The van der Waals surface area contributed by atoms with Crippen molar-refractivity contribution in [1.82, 2.24) is 15.2 Å². The van der Waals surface area contributed by atoms with Crippen LogP contribution in [0.3, 0.4) is 0 Å². The topological polar surface area (TPSA) is 28.2 Å². The van der Waals surface area contributed by atoms with Crippen molar-refractivity contribution in [2.24, 2.45) is 0 Å². The molecular formula is C15H25N3. The van der Waals surface area contributed by atoms with Crippen molar-refractivity contribution >= 4 is 0 Å². The number of aromatic nitrogens is 1. The van der Waals surface area contributed by atoms with E-state index >= 15 is 0 Å². The average Bonchev–Trinajstić information content (AvgIpc) is 2.46. The molecule has 1 aromatic heterocycles. The van der Waals surface area contributed by atoms with Gasteiger partial charge in [-0.15, -0.1) is 0 Å². The Morgan fingerprint density at radius 1 is 1.39 bits per heavy atom. The number of nitrogens with zero attached hydrogens (tertiary/aromatic N) is 2. The molecule has 1 saturated carbocycles. The maximum absolute atomic E-state index is 4.39. The lowest BCUT2D eigenvalue weighted by molar-refractivity contribution is 0.173. The first-order chi connectivity index (χ1) is 8.79. The molecule has 0 aliphatic heterocycles. The molecule has 100 valence electrons. The van der Waals surface area contributed by atoms with E-state index in [0.717, 1.165) is 19.0 Å². The Hall–Kier alpha value is -0.930. The van der Waals surface area contributed by atoms with Crippen molar-refractivity contribution in [3.8, 4) is 0 Å². The molecule has 1 aliphatic rings. The van der Waals surface area contributed by atoms with Gasteiger partial charge in [-0.1, -0.05) is 12.5 Å². The molecule has 2 rings (SSSR count). The van der Waals surface area contributed by atoms with Crippen molar-refractivity contribution in [1.29, 1.82) is 0 Å². The molecule has 0 bridgehead atoms. The van der Waals surface area contributed by atoms with Gasteiger partial charge in [0.1, 0.15) is 0 Å². The molecule has 1 aliphatic carbocycles. The smallest absolute Gasteiger partial charge is 0.0416 e. The number of hydrogen-bond donors (Lipinski definition) is 1. The summed E-state index contributed by atoms with van der Waals surface area (Å²) >= 11 is 0. The van der Waals surface area contributed by atoms with E-state index < -0.39 is 0 Å². The highest BCUT2D eigenvalue weighted by Gasteiger charge is 2.23. The minimum absolute atomic E-state index is 0.709. The lowest BCUT2D eigenvalue weighted by Crippen LogP contribution is -2.42. The molecule has 3 heteroatoms. The van der Waals surface area contributed by atoms with E-state index in [4.69, 9.17) is 0 Å². The first-order valence-electron chi connectivity index (χ1n) is 7.07. The van der Waals surface area contributed by atoms with Gasteiger partial charge in [0.2, 0.25) is 0 Å². The summed E-state index contributed by atoms with van der Waals surface area (Å²) in [5.74, 6) is 0. The predicted octanol–water partition coefficient (Wildman–Crippen LogP) is 2.09. The van der Waals surface area contributed by atoms with Crippen LogP contribution in [0.15, 0.2) is 24.4 Å². The molecule has 1 heterocycles. The fourth-order valence-corrected chi connectivity index (χ4v) is 2.85. The molecule has 0 spiro atoms. The second-order valence-electron chi connectivity index (χ2n) is 5.36. The van der Waals surface area contributed by atoms with E-state index in [1.54, 1.807) is 0 Å². The largest absolute Gasteiger partial charge is 0.317 e. The molecule has 1 N–H and O–H groups in total. The second-order valence-corrected chi connectivity index (χ2v) is 5.36. The Morgan fingerprint density at radius 3 is 3.00 bits per heavy atom. The molecule has 18 heavy (non-hydrogen) atoms. The fourth-order valence-electron chi connectivity index (χ4n) is 2.85. The summed E-state index contributed by atoms with van der Waals surface area (Å²) in [4.78, 5) is 6.90. The summed E-state index contributed by atoms with van der Waals surface area (Å²) in [7, 11) is 4.34. The average molecular weight is 247 g/mol. The number of likely N-dealkylation sites (N-methyl/N-ethyl adjacent to an activating group) is 1. The van der Waals surface area contributed by atoms with Gasteiger partial charge in [0.25, 0.3) is 0 Å². The maximum Gasteiger partial charge on any atom is 0.0416 e. The van der Waals surface area contributed by atoms with Gasteiger partial charge in [0, 0.05) is 36.9 Å². The molecule has 1 fully saturated rings. The summed E-state index contributed by atoms with van der Waals surface area (Å²) < 4.78 is 0. The molecule has 2 unspecified atom stereocenters. The third kappa shape index (κ3) is 3.79. The summed E-state index contributed by atoms with van der Waals surface area (Å²) in [6.45, 7) is 1.11. The lowest BCUT2D eigenvalue weighted by Gasteiger charge is -2.35. The third-order valence-electron chi connectivity index (χ3n) is 4.12. The number of rotatable bonds is 5. The minimum atomic E-state index is 0.709. The predicted molar refractivity (Wildman–Crippen MR) is 75.7 cm³/mol. The van der Waals surface area contributed by atoms with Crippen LogP contribution in [0.5, 0.6) is 0 Å². The van der Waals surface area contributed by atoms with Crippen LogP contribution < -0.4 is 5.32 Å². The zero-order chi connectivity index (χ0) is 12.8. The van der Waals surface area contributed by atoms with E-state index in [9.17, 15) is 0 Å². The molecule has 0 saturated heterocycles. The van der Waals surface area contributed by atoms with Crippen LogP contribution in [0.4, 0.5) is 0 Å². The van der Waals surface area contributed by atoms with Crippen LogP contribution >= 0.6 is 0 Å². The van der Waals surface area contributed by atoms with Gasteiger partial charge in [-0.3, -0.25) is 4.98 Å². The first kappa shape index (κ1) is 13.5. The number of hydrogen-bond acceptors (Lipinski definition) is 3. The molecule has 0 aromatic carbocycles. The van der Waals surface area contributed by atoms with Gasteiger partial charge in [0.15, 0.2) is 0 Å². The Bertz CT molecular complexity index is 339. The monoisotopic (exact) mass is 247 g/mol. The Labute approximate surface area is 111 Å². The molecule has 1 aromatic rings. The van der Waals surface area contributed by atoms with Gasteiger partial charge >= 0.3 is 0 Å². The van der Waals surface area contributed by atoms with E-state index in [0.29, 0.717) is 6.04 Å². The van der Waals surface area contributed by atoms with Crippen LogP contribution in [-0.4, -0.2) is 42.6 Å². The van der Waals surface area contributed by atoms with Crippen molar-refractivity contribution in [3.63, 3.8) is 0 Å². The van der Waals surface area contributed by atoms with Crippen LogP contribution in [-0.2, 0) is 6.42 Å². The fraction of sp³-hybridized carbons (Fsp3) is 0.667. The van der Waals surface area contributed by atoms with E-state index in [2.05, 4.69) is 41.4 Å². The van der Waals surface area contributed by atoms with Gasteiger partial charge < -0.3 is 10.2 Å². The number of pyridine rings is 1. The Morgan fingerprint density at radius 2 is 2.28 bits per heavy atom. The molecule has 0 radical (unpaired) electrons. The lowest BCUT2D eigenvalue weighted by atomic mass is 9.90. The van der Waals surface area contributed by atoms with E-state index in [1.165, 1.54) is 31.4 Å². The van der Waals surface area contributed by atoms with Gasteiger partial charge in [-0.05, 0) is 45.5 Å². The van der Waals surface area contributed by atoms with Gasteiger partial charge in [-0.2, -0.15) is 0 Å². The molecule has 0 amide bonds. The Kier molecular flexibility index (Phi) is 5.14. The van der Waals surface area contributed by atoms with Crippen LogP contribution in [0.2, 0.25) is 0 Å². The van der Waals surface area contributed by atoms with Gasteiger partial charge in [0.05, 0.1) is 0 Å². The first-order valence-corrected chi connectivity index (χ1v) is 7.07. The SMILES string of the molecule is CNC1CCCC(N(C)CCc2ccccn2)C1. The van der Waals surface area contributed by atoms with Crippen LogP contribution in [0, 0.1) is 0 Å². The molecular weight excluding hydrogens is 222 g/mol. The van der Waals surface area contributed by atoms with Crippen molar-refractivity contribution in [3.05, 3.63) is 30.1 Å². The van der Waals surface area contributed by atoms with Crippen molar-refractivity contribution in [2.45, 2.75) is 44.2 Å². The summed E-state index contributed by atoms with van der Waals surface area (Å²) in [6.07, 6.45) is 8.25. The summed E-state index contributed by atoms with van der Waals surface area (Å²) in [5, 5.41) is 3.42. The zero-order valence-corrected chi connectivity index (χ0v) is 11.6. The highest BCUT2D eigenvalue weighted by molar-refractivity contribution is 5.03. The van der Waals surface area contributed by atoms with Crippen LogP contribution in [0.1, 0.15) is 31.4 Å². The standard InChI is InChI=1S/C15H25N3/c1-16-14-7-5-8-15(12-14)18(2)11-9-13-6-3-4-10-17-13/h3-4,6,10,14-16H,5,7-9,11-12H2,1-2H3. The maximum atomic E-state index is 4.39. The van der Waals surface area contributed by atoms with Gasteiger partial charge in [-0.25, -0.2) is 0 Å². The zero-order valence-electron chi connectivity index (χ0n) is 11.6. The van der Waals surface area contributed by atoms with E-state index in [-0.39, 0.29) is 0 Å². The Balaban J connectivity index is 1.79. The quantitative estimate of drug-likeness (QED) is 0.863. The molecule has 2 atom stereocenters. The van der Waals surface area contributed by atoms with Crippen molar-refractivity contribution in [2.75, 3.05) is 20.6 Å². The normalized spacial score (nSPS) is 24.4. The van der Waals surface area contributed by atoms with Crippen LogP contribution in [0.25, 0.3) is 0 Å². The summed E-state index contributed by atoms with van der Waals surface area (Å²) in [6, 6.07) is 7.61. The second kappa shape index (κ2) is 6.86. The third-order valence-corrected chi connectivity index (χ3v) is 4.12.